The molecular formula is C24H26F2N2O. The van der Waals surface area contributed by atoms with Gasteiger partial charge in [0.1, 0.15) is 0 Å². The fraction of sp³-hybridized carbons (Fsp3) is 0.292. The quantitative estimate of drug-likeness (QED) is 0.622. The highest BCUT2D eigenvalue weighted by molar-refractivity contribution is 6.02. The molecule has 1 aromatic heterocycles. The van der Waals surface area contributed by atoms with E-state index in [4.69, 9.17) is 5.73 Å². The summed E-state index contributed by atoms with van der Waals surface area (Å²) in [5, 5.41) is 0. The number of carbonyl (C=O) groups excluding carboxylic acids is 1. The van der Waals surface area contributed by atoms with Crippen molar-refractivity contribution in [1.29, 1.82) is 0 Å². The first kappa shape index (κ1) is 20.8. The first-order chi connectivity index (χ1) is 13.5. The molecule has 152 valence electrons. The van der Waals surface area contributed by atoms with Crippen molar-refractivity contribution in [2.75, 3.05) is 0 Å². The Bertz CT molecular complexity index is 1070. The third-order valence-corrected chi connectivity index (χ3v) is 5.39. The maximum atomic E-state index is 13.6. The lowest BCUT2D eigenvalue weighted by Gasteiger charge is -2.19. The predicted molar refractivity (Wildman–Crippen MR) is 112 cm³/mol. The van der Waals surface area contributed by atoms with Gasteiger partial charge in [0.2, 0.25) is 0 Å². The molecule has 1 heterocycles. The van der Waals surface area contributed by atoms with E-state index < -0.39 is 17.5 Å². The molecule has 3 aromatic rings. The summed E-state index contributed by atoms with van der Waals surface area (Å²) in [6.45, 7) is 10.5. The first-order valence-electron chi connectivity index (χ1n) is 9.55. The number of carbonyl (C=O) groups is 1. The van der Waals surface area contributed by atoms with E-state index in [1.165, 1.54) is 11.6 Å². The van der Waals surface area contributed by atoms with Gasteiger partial charge in [-0.05, 0) is 48.1 Å². The van der Waals surface area contributed by atoms with Crippen molar-refractivity contribution in [3.8, 4) is 11.1 Å². The van der Waals surface area contributed by atoms with Gasteiger partial charge in [-0.25, -0.2) is 8.78 Å². The van der Waals surface area contributed by atoms with Crippen LogP contribution in [0.4, 0.5) is 8.78 Å². The third kappa shape index (κ3) is 3.95. The molecule has 0 aliphatic carbocycles. The third-order valence-electron chi connectivity index (χ3n) is 5.39. The molecule has 1 amide bonds. The average molecular weight is 396 g/mol. The van der Waals surface area contributed by atoms with Crippen molar-refractivity contribution in [2.24, 2.45) is 5.73 Å². The van der Waals surface area contributed by atoms with Gasteiger partial charge in [-0.15, -0.1) is 0 Å². The van der Waals surface area contributed by atoms with Crippen LogP contribution < -0.4 is 5.73 Å². The van der Waals surface area contributed by atoms with Gasteiger partial charge in [0.25, 0.3) is 5.91 Å². The predicted octanol–water partition coefficient (Wildman–Crippen LogP) is 5.49. The van der Waals surface area contributed by atoms with E-state index in [1.54, 1.807) is 6.07 Å². The van der Waals surface area contributed by atoms with E-state index >= 15 is 0 Å². The summed E-state index contributed by atoms with van der Waals surface area (Å²) < 4.78 is 28.8. The minimum Gasteiger partial charge on any atom is -0.366 e. The lowest BCUT2D eigenvalue weighted by Crippen LogP contribution is -2.14. The minimum atomic E-state index is -0.891. The Balaban J connectivity index is 2.11. The molecule has 2 N–H and O–H groups in total. The van der Waals surface area contributed by atoms with E-state index in [9.17, 15) is 13.6 Å². The molecule has 0 saturated carbocycles. The number of hydrogen-bond donors (Lipinski definition) is 1. The highest BCUT2D eigenvalue weighted by atomic mass is 19.2. The number of amides is 1. The summed E-state index contributed by atoms with van der Waals surface area (Å²) in [5.74, 6) is -2.28. The van der Waals surface area contributed by atoms with Gasteiger partial charge in [0.15, 0.2) is 11.6 Å². The lowest BCUT2D eigenvalue weighted by molar-refractivity contribution is 0.1000. The number of hydrogen-bond acceptors (Lipinski definition) is 1. The number of halogens is 2. The average Bonchev–Trinajstić information content (AvgIpc) is 2.89. The van der Waals surface area contributed by atoms with Crippen LogP contribution in [-0.2, 0) is 12.0 Å². The van der Waals surface area contributed by atoms with Crippen molar-refractivity contribution >= 4 is 5.91 Å². The molecule has 29 heavy (non-hydrogen) atoms. The molecule has 2 aromatic carbocycles. The van der Waals surface area contributed by atoms with Crippen LogP contribution in [0.3, 0.4) is 0 Å². The second-order valence-electron chi connectivity index (χ2n) is 8.45. The van der Waals surface area contributed by atoms with Crippen LogP contribution in [-0.4, -0.2) is 10.5 Å². The summed E-state index contributed by atoms with van der Waals surface area (Å²) in [4.78, 5) is 12.3. The maximum Gasteiger partial charge on any atom is 0.251 e. The summed E-state index contributed by atoms with van der Waals surface area (Å²) in [5.41, 5.74) is 11.2. The largest absolute Gasteiger partial charge is 0.366 e. The van der Waals surface area contributed by atoms with Crippen LogP contribution in [0, 0.1) is 25.5 Å². The van der Waals surface area contributed by atoms with Crippen LogP contribution in [0.15, 0.2) is 42.5 Å². The van der Waals surface area contributed by atoms with Crippen LogP contribution in [0.2, 0.25) is 0 Å². The normalized spacial score (nSPS) is 11.7. The van der Waals surface area contributed by atoms with Crippen molar-refractivity contribution in [2.45, 2.75) is 46.6 Å². The maximum absolute atomic E-state index is 13.6. The molecule has 0 aliphatic rings. The van der Waals surface area contributed by atoms with E-state index in [0.29, 0.717) is 23.4 Å². The van der Waals surface area contributed by atoms with Gasteiger partial charge >= 0.3 is 0 Å². The van der Waals surface area contributed by atoms with Gasteiger partial charge < -0.3 is 10.3 Å². The second-order valence-corrected chi connectivity index (χ2v) is 8.45. The molecule has 3 rings (SSSR count). The summed E-state index contributed by atoms with van der Waals surface area (Å²) in [6, 6.07) is 11.9. The Labute approximate surface area is 170 Å². The van der Waals surface area contributed by atoms with Gasteiger partial charge in [0.05, 0.1) is 5.56 Å². The SMILES string of the molecule is Cc1c(C(N)=O)c(-c2ccc(C(C)(C)C)cc2)c(C)n1Cc1ccc(F)c(F)c1. The number of primary amides is 1. The Morgan fingerprint density at radius 3 is 2.10 bits per heavy atom. The minimum absolute atomic E-state index is 0.0224. The smallest absolute Gasteiger partial charge is 0.251 e. The number of nitrogens with two attached hydrogens (primary N) is 1. The van der Waals surface area contributed by atoms with Crippen LogP contribution in [0.1, 0.15) is 53.6 Å². The Morgan fingerprint density at radius 1 is 0.966 bits per heavy atom. The summed E-state index contributed by atoms with van der Waals surface area (Å²) in [6.07, 6.45) is 0. The molecule has 0 unspecified atom stereocenters. The highest BCUT2D eigenvalue weighted by Gasteiger charge is 2.23. The van der Waals surface area contributed by atoms with Gasteiger partial charge in [-0.3, -0.25) is 4.79 Å². The topological polar surface area (TPSA) is 48.0 Å². The van der Waals surface area contributed by atoms with Gasteiger partial charge in [-0.1, -0.05) is 51.1 Å². The monoisotopic (exact) mass is 396 g/mol. The number of aromatic nitrogens is 1. The van der Waals surface area contributed by atoms with Crippen molar-refractivity contribution < 1.29 is 13.6 Å². The standard InChI is InChI=1S/C24H26F2N2O/c1-14-21(17-7-9-18(10-8-17)24(3,4)5)22(23(27)29)15(2)28(14)13-16-6-11-19(25)20(26)12-16/h6-12H,13H2,1-5H3,(H2,27,29). The second kappa shape index (κ2) is 7.47. The zero-order chi connectivity index (χ0) is 21.5. The molecular weight excluding hydrogens is 370 g/mol. The van der Waals surface area contributed by atoms with Crippen molar-refractivity contribution in [3.05, 3.63) is 82.2 Å². The Morgan fingerprint density at radius 2 is 1.59 bits per heavy atom. The van der Waals surface area contributed by atoms with E-state index in [0.717, 1.165) is 22.9 Å². The summed E-state index contributed by atoms with van der Waals surface area (Å²) in [7, 11) is 0. The zero-order valence-electron chi connectivity index (χ0n) is 17.4. The van der Waals surface area contributed by atoms with E-state index in [1.807, 2.05) is 30.5 Å². The van der Waals surface area contributed by atoms with E-state index in [2.05, 4.69) is 32.9 Å². The molecule has 0 atom stereocenters. The molecule has 0 saturated heterocycles. The van der Waals surface area contributed by atoms with Gasteiger partial charge in [0, 0.05) is 23.5 Å². The zero-order valence-corrected chi connectivity index (χ0v) is 17.4. The number of benzene rings is 2. The number of rotatable bonds is 4. The fourth-order valence-electron chi connectivity index (χ4n) is 3.73. The van der Waals surface area contributed by atoms with Crippen LogP contribution >= 0.6 is 0 Å². The van der Waals surface area contributed by atoms with Crippen LogP contribution in [0.25, 0.3) is 11.1 Å². The molecule has 0 aliphatic heterocycles. The Hall–Kier alpha value is -2.95. The van der Waals surface area contributed by atoms with Gasteiger partial charge in [-0.2, -0.15) is 0 Å². The molecule has 0 fully saturated rings. The molecule has 5 heteroatoms. The number of nitrogens with zero attached hydrogens (tertiary/aromatic N) is 1. The molecule has 3 nitrogen and oxygen atoms in total. The fourth-order valence-corrected chi connectivity index (χ4v) is 3.73. The molecule has 0 bridgehead atoms. The lowest BCUT2D eigenvalue weighted by atomic mass is 9.86. The van der Waals surface area contributed by atoms with Crippen molar-refractivity contribution in [1.82, 2.24) is 4.57 Å². The first-order valence-corrected chi connectivity index (χ1v) is 9.55. The molecule has 0 radical (unpaired) electrons. The highest BCUT2D eigenvalue weighted by Crippen LogP contribution is 2.34. The molecule has 0 spiro atoms. The van der Waals surface area contributed by atoms with Crippen molar-refractivity contribution in [3.63, 3.8) is 0 Å². The summed E-state index contributed by atoms with van der Waals surface area (Å²) >= 11 is 0. The van der Waals surface area contributed by atoms with E-state index in [-0.39, 0.29) is 5.41 Å². The Kier molecular flexibility index (Phi) is 5.35. The van der Waals surface area contributed by atoms with Crippen LogP contribution in [0.5, 0.6) is 0 Å².